The van der Waals surface area contributed by atoms with E-state index in [1.807, 2.05) is 36.4 Å². The van der Waals surface area contributed by atoms with Crippen molar-refractivity contribution in [3.63, 3.8) is 0 Å². The SMILES string of the molecule is CC(C)CCCC[B-](c1cccc(Cl)c1)(c1cccc(Cl)c1)c1cccc(Cl)c1. The van der Waals surface area contributed by atoms with Crippen molar-refractivity contribution < 1.29 is 0 Å². The van der Waals surface area contributed by atoms with Crippen molar-refractivity contribution >= 4 is 57.3 Å². The van der Waals surface area contributed by atoms with Crippen molar-refractivity contribution in [1.82, 2.24) is 0 Å². The molecule has 29 heavy (non-hydrogen) atoms. The van der Waals surface area contributed by atoms with Crippen LogP contribution >= 0.6 is 34.8 Å². The molecule has 0 bridgehead atoms. The van der Waals surface area contributed by atoms with Crippen LogP contribution < -0.4 is 16.4 Å². The maximum Gasteiger partial charge on any atom is 0.0816 e. The summed E-state index contributed by atoms with van der Waals surface area (Å²) in [7, 11) is 0. The van der Waals surface area contributed by atoms with Crippen LogP contribution in [0.5, 0.6) is 0 Å². The Balaban J connectivity index is 2.20. The molecule has 0 radical (unpaired) electrons. The first kappa shape index (κ1) is 22.3. The topological polar surface area (TPSA) is 0 Å². The van der Waals surface area contributed by atoms with Gasteiger partial charge in [0.1, 0.15) is 0 Å². The van der Waals surface area contributed by atoms with Gasteiger partial charge in [0.25, 0.3) is 0 Å². The van der Waals surface area contributed by atoms with Gasteiger partial charge in [0, 0.05) is 15.1 Å². The Morgan fingerprint density at radius 3 is 1.41 bits per heavy atom. The summed E-state index contributed by atoms with van der Waals surface area (Å²) >= 11 is 19.3. The van der Waals surface area contributed by atoms with E-state index in [-0.39, 0.29) is 0 Å². The Labute approximate surface area is 190 Å². The van der Waals surface area contributed by atoms with Gasteiger partial charge in [0.15, 0.2) is 0 Å². The molecule has 0 saturated carbocycles. The predicted octanol–water partition coefficient (Wildman–Crippen LogP) is 6.94. The van der Waals surface area contributed by atoms with Crippen LogP contribution in [0.2, 0.25) is 21.4 Å². The first-order valence-corrected chi connectivity index (χ1v) is 11.5. The third-order valence-corrected chi connectivity index (χ3v) is 6.63. The third-order valence-electron chi connectivity index (χ3n) is 5.92. The maximum atomic E-state index is 6.45. The van der Waals surface area contributed by atoms with Crippen LogP contribution in [0.3, 0.4) is 0 Å². The van der Waals surface area contributed by atoms with E-state index in [1.165, 1.54) is 29.2 Å². The standard InChI is InChI=1S/C25H27BCl3/c1-19(2)8-3-4-15-26(20-9-5-12-23(27)16-20,21-10-6-13-24(28)17-21)22-11-7-14-25(29)18-22/h5-7,9-14,16-19H,3-4,8,15H2,1-2H3/q-1. The fourth-order valence-electron chi connectivity index (χ4n) is 4.52. The van der Waals surface area contributed by atoms with Crippen molar-refractivity contribution in [2.45, 2.75) is 39.4 Å². The minimum Gasteiger partial charge on any atom is -0.198 e. The van der Waals surface area contributed by atoms with Crippen molar-refractivity contribution in [3.8, 4) is 0 Å². The first-order chi connectivity index (χ1) is 13.9. The zero-order valence-electron chi connectivity index (χ0n) is 17.0. The molecule has 3 rings (SSSR count). The van der Waals surface area contributed by atoms with Crippen LogP contribution in [0.25, 0.3) is 0 Å². The number of benzene rings is 3. The quantitative estimate of drug-likeness (QED) is 0.261. The number of hydrogen-bond donors (Lipinski definition) is 0. The van der Waals surface area contributed by atoms with Gasteiger partial charge in [-0.05, 0) is 24.1 Å². The number of halogens is 3. The van der Waals surface area contributed by atoms with Crippen molar-refractivity contribution in [2.24, 2.45) is 5.92 Å². The van der Waals surface area contributed by atoms with Gasteiger partial charge in [-0.2, -0.15) is 22.7 Å². The van der Waals surface area contributed by atoms with Gasteiger partial charge in [-0.1, -0.05) is 123 Å². The third kappa shape index (κ3) is 5.40. The number of unbranched alkanes of at least 4 members (excludes halogenated alkanes) is 1. The van der Waals surface area contributed by atoms with E-state index in [4.69, 9.17) is 34.8 Å². The number of hydrogen-bond acceptors (Lipinski definition) is 0. The lowest BCUT2D eigenvalue weighted by Gasteiger charge is -2.43. The highest BCUT2D eigenvalue weighted by Crippen LogP contribution is 2.22. The summed E-state index contributed by atoms with van der Waals surface area (Å²) in [5.41, 5.74) is 3.68. The second-order valence-electron chi connectivity index (χ2n) is 8.39. The van der Waals surface area contributed by atoms with E-state index >= 15 is 0 Å². The van der Waals surface area contributed by atoms with E-state index < -0.39 is 6.15 Å². The van der Waals surface area contributed by atoms with Crippen LogP contribution in [-0.2, 0) is 0 Å². The lowest BCUT2D eigenvalue weighted by atomic mass is 9.14. The normalized spacial score (nSPS) is 11.8. The van der Waals surface area contributed by atoms with Gasteiger partial charge in [0.2, 0.25) is 0 Å². The van der Waals surface area contributed by atoms with Gasteiger partial charge in [0.05, 0.1) is 6.15 Å². The smallest absolute Gasteiger partial charge is 0.0816 e. The molecule has 4 heteroatoms. The molecule has 0 aliphatic carbocycles. The van der Waals surface area contributed by atoms with Crippen LogP contribution in [0, 0.1) is 5.92 Å². The molecular formula is C25H27BCl3-. The summed E-state index contributed by atoms with van der Waals surface area (Å²) in [6, 6.07) is 24.8. The van der Waals surface area contributed by atoms with Crippen LogP contribution in [-0.4, -0.2) is 6.15 Å². The lowest BCUT2D eigenvalue weighted by molar-refractivity contribution is 0.549. The van der Waals surface area contributed by atoms with E-state index in [0.29, 0.717) is 5.92 Å². The maximum absolute atomic E-state index is 6.45. The largest absolute Gasteiger partial charge is 0.198 e. The van der Waals surface area contributed by atoms with Gasteiger partial charge in [-0.3, -0.25) is 0 Å². The van der Waals surface area contributed by atoms with Gasteiger partial charge in [-0.25, -0.2) is 0 Å². The van der Waals surface area contributed by atoms with E-state index in [1.54, 1.807) is 0 Å². The Bertz CT molecular complexity index is 841. The molecular weight excluding hydrogens is 417 g/mol. The Morgan fingerprint density at radius 2 is 1.07 bits per heavy atom. The summed E-state index contributed by atoms with van der Waals surface area (Å²) in [5, 5.41) is 2.25. The molecule has 0 aromatic heterocycles. The molecule has 0 nitrogen and oxygen atoms in total. The minimum absolute atomic E-state index is 0.709. The molecule has 0 heterocycles. The van der Waals surface area contributed by atoms with E-state index in [2.05, 4.69) is 50.2 Å². The fourth-order valence-corrected chi connectivity index (χ4v) is 5.12. The Hall–Kier alpha value is -1.41. The van der Waals surface area contributed by atoms with Crippen molar-refractivity contribution in [2.75, 3.05) is 0 Å². The van der Waals surface area contributed by atoms with Crippen molar-refractivity contribution in [1.29, 1.82) is 0 Å². The van der Waals surface area contributed by atoms with Gasteiger partial charge in [-0.15, -0.1) is 0 Å². The summed E-state index contributed by atoms with van der Waals surface area (Å²) in [4.78, 5) is 0. The highest BCUT2D eigenvalue weighted by atomic mass is 35.5. The van der Waals surface area contributed by atoms with Crippen LogP contribution in [0.4, 0.5) is 0 Å². The summed E-state index contributed by atoms with van der Waals surface area (Å²) in [6.45, 7) is 4.56. The Morgan fingerprint density at radius 1 is 0.655 bits per heavy atom. The molecule has 152 valence electrons. The molecule has 0 aliphatic heterocycles. The van der Waals surface area contributed by atoms with Crippen LogP contribution in [0.1, 0.15) is 33.1 Å². The summed E-state index contributed by atoms with van der Waals surface area (Å²) < 4.78 is 0. The average Bonchev–Trinajstić information content (AvgIpc) is 2.68. The molecule has 0 aliphatic rings. The van der Waals surface area contributed by atoms with Gasteiger partial charge < -0.3 is 0 Å². The molecule has 0 saturated heterocycles. The summed E-state index contributed by atoms with van der Waals surface area (Å²) in [5.74, 6) is 0.709. The zero-order valence-corrected chi connectivity index (χ0v) is 19.3. The van der Waals surface area contributed by atoms with Crippen molar-refractivity contribution in [3.05, 3.63) is 87.9 Å². The predicted molar refractivity (Wildman–Crippen MR) is 133 cm³/mol. The van der Waals surface area contributed by atoms with E-state index in [0.717, 1.165) is 27.8 Å². The number of rotatable bonds is 8. The van der Waals surface area contributed by atoms with Crippen LogP contribution in [0.15, 0.2) is 72.8 Å². The fraction of sp³-hybridized carbons (Fsp3) is 0.280. The molecule has 0 N–H and O–H groups in total. The lowest BCUT2D eigenvalue weighted by Crippen LogP contribution is -2.67. The molecule has 0 spiro atoms. The monoisotopic (exact) mass is 443 g/mol. The van der Waals surface area contributed by atoms with E-state index in [9.17, 15) is 0 Å². The average molecular weight is 445 g/mol. The van der Waals surface area contributed by atoms with Gasteiger partial charge >= 0.3 is 0 Å². The Kier molecular flexibility index (Phi) is 7.74. The molecule has 3 aromatic carbocycles. The molecule has 0 fully saturated rings. The second-order valence-corrected chi connectivity index (χ2v) is 9.70. The molecule has 0 unspecified atom stereocenters. The molecule has 0 atom stereocenters. The first-order valence-electron chi connectivity index (χ1n) is 10.4. The molecule has 0 amide bonds. The summed E-state index contributed by atoms with van der Waals surface area (Å²) in [6.07, 6.45) is 3.32. The minimum atomic E-state index is -1.25. The molecule has 3 aromatic rings. The zero-order chi connectivity index (χ0) is 20.9. The highest BCUT2D eigenvalue weighted by Gasteiger charge is 2.30. The highest BCUT2D eigenvalue weighted by molar-refractivity contribution is 7.11. The second kappa shape index (κ2) is 10.1.